The molecule has 0 bridgehead atoms. The van der Waals surface area contributed by atoms with Gasteiger partial charge in [-0.25, -0.2) is 0 Å². The van der Waals surface area contributed by atoms with Crippen molar-refractivity contribution in [1.82, 2.24) is 9.97 Å². The van der Waals surface area contributed by atoms with Gasteiger partial charge < -0.3 is 9.40 Å². The van der Waals surface area contributed by atoms with Gasteiger partial charge in [0.1, 0.15) is 5.58 Å². The molecule has 4 aromatic carbocycles. The van der Waals surface area contributed by atoms with E-state index in [9.17, 15) is 1.37 Å². The van der Waals surface area contributed by atoms with Crippen molar-refractivity contribution in [3.8, 4) is 22.5 Å². The molecule has 1 atom stereocenters. The Bertz CT molecular complexity index is 2610. The molecule has 0 saturated carbocycles. The van der Waals surface area contributed by atoms with E-state index in [1.807, 2.05) is 76.4 Å². The van der Waals surface area contributed by atoms with Gasteiger partial charge in [-0.15, -0.1) is 18.2 Å². The molecule has 5 heteroatoms. The molecular weight excluding hydrogens is 861 g/mol. The van der Waals surface area contributed by atoms with Crippen LogP contribution >= 0.6 is 0 Å². The minimum Gasteiger partial charge on any atom is -0.501 e. The van der Waals surface area contributed by atoms with Gasteiger partial charge in [-0.05, 0) is 42.0 Å². The fourth-order valence-electron chi connectivity index (χ4n) is 5.95. The molecule has 7 aromatic rings. The largest absolute Gasteiger partial charge is 0.501 e. The van der Waals surface area contributed by atoms with Crippen LogP contribution in [-0.4, -0.2) is 23.2 Å². The number of aryl methyl sites for hydroxylation is 2. The maximum atomic E-state index is 9.22. The Hall–Kier alpha value is -3.83. The molecule has 0 N–H and O–H groups in total. The van der Waals surface area contributed by atoms with Crippen molar-refractivity contribution in [2.24, 2.45) is 5.41 Å². The Morgan fingerprint density at radius 2 is 1.63 bits per heavy atom. The summed E-state index contributed by atoms with van der Waals surface area (Å²) in [6, 6.07) is 34.9. The van der Waals surface area contributed by atoms with Gasteiger partial charge in [-0.3, -0.25) is 0 Å². The second-order valence-corrected chi connectivity index (χ2v) is 25.1. The molecule has 0 fully saturated rings. The van der Waals surface area contributed by atoms with E-state index in [-0.39, 0.29) is 31.2 Å². The quantitative estimate of drug-likeness (QED) is 0.123. The molecule has 7 rings (SSSR count). The van der Waals surface area contributed by atoms with Gasteiger partial charge >= 0.3 is 160 Å². The van der Waals surface area contributed by atoms with Crippen LogP contribution in [0.25, 0.3) is 44.5 Å². The zero-order valence-corrected chi connectivity index (χ0v) is 34.5. The second kappa shape index (κ2) is 15.8. The van der Waals surface area contributed by atoms with E-state index >= 15 is 0 Å². The van der Waals surface area contributed by atoms with Crippen LogP contribution in [0.1, 0.15) is 73.7 Å². The average Bonchev–Trinajstić information content (AvgIpc) is 3.55. The first-order chi connectivity index (χ1) is 27.3. The summed E-state index contributed by atoms with van der Waals surface area (Å²) in [4.78, 5) is 9.10. The Kier molecular flexibility index (Phi) is 8.62. The summed E-state index contributed by atoms with van der Waals surface area (Å²) in [5, 5.41) is 1.65. The number of hydrogen-bond donors (Lipinski definition) is 0. The van der Waals surface area contributed by atoms with Crippen molar-refractivity contribution in [3.63, 3.8) is 0 Å². The molecule has 0 amide bonds. The van der Waals surface area contributed by atoms with Gasteiger partial charge in [0.05, 0.1) is 5.58 Å². The van der Waals surface area contributed by atoms with Gasteiger partial charge in [0.2, 0.25) is 0 Å². The number of hydrogen-bond acceptors (Lipinski definition) is 3. The monoisotopic (exact) mass is 920 g/mol. The summed E-state index contributed by atoms with van der Waals surface area (Å²) >= 11 is -2.30. The minimum atomic E-state index is -2.30. The summed E-state index contributed by atoms with van der Waals surface area (Å²) in [6.07, 6.45) is 1.96. The summed E-state index contributed by atoms with van der Waals surface area (Å²) in [5.41, 5.74) is 5.98. The van der Waals surface area contributed by atoms with Gasteiger partial charge in [0.15, 0.2) is 0 Å². The van der Waals surface area contributed by atoms with E-state index in [0.717, 1.165) is 27.5 Å². The average molecular weight is 919 g/mol. The van der Waals surface area contributed by atoms with Crippen molar-refractivity contribution in [1.29, 1.82) is 0 Å². The molecule has 3 aromatic heterocycles. The number of furan rings is 1. The summed E-state index contributed by atoms with van der Waals surface area (Å²) in [5.74, 6) is 6.00. The van der Waals surface area contributed by atoms with Gasteiger partial charge in [-0.1, -0.05) is 55.5 Å². The van der Waals surface area contributed by atoms with Crippen molar-refractivity contribution in [3.05, 3.63) is 149 Å². The normalized spacial score (nSPS) is 16.3. The predicted molar refractivity (Wildman–Crippen MR) is 214 cm³/mol. The molecule has 3 nitrogen and oxygen atoms in total. The van der Waals surface area contributed by atoms with Crippen LogP contribution in [0.5, 0.6) is 0 Å². The van der Waals surface area contributed by atoms with E-state index in [1.165, 1.54) is 10.5 Å². The van der Waals surface area contributed by atoms with Crippen LogP contribution in [0, 0.1) is 31.3 Å². The molecule has 51 heavy (non-hydrogen) atoms. The number of pyridine rings is 2. The molecule has 0 saturated heterocycles. The number of benzene rings is 4. The second-order valence-electron chi connectivity index (χ2n) is 14.6. The van der Waals surface area contributed by atoms with Crippen LogP contribution in [0.2, 0.25) is 17.3 Å². The standard InChI is InChI=1S/C23H26GeN.C23H22NO.Ir/c1-17-11-13-20(14-12-17)23-15-21(22(16-25-23)24(3,4)5)18(2)19-9-7-6-8-10-19;1-15-8-9-17-18-6-5-7-19(22(18)25-21(17)12-15)20-13-16(10-11-24-20)14-23(2,3)4;/h6-13,15-16,18H,1-5H3;5-6,8-13H,14H2,1-4H3;/q2*-1;/i1D3,18D;1D3,14D2;. The van der Waals surface area contributed by atoms with Crippen molar-refractivity contribution >= 4 is 39.6 Å². The molecule has 0 spiro atoms. The Morgan fingerprint density at radius 3 is 2.31 bits per heavy atom. The number of nitrogens with zero attached hydrogens (tertiary/aromatic N) is 2. The van der Waals surface area contributed by atoms with Gasteiger partial charge in [-0.2, -0.15) is 0 Å². The molecule has 1 radical (unpaired) electrons. The fraction of sp³-hybridized carbons (Fsp3) is 0.261. The maximum absolute atomic E-state index is 9.22. The molecule has 3 heterocycles. The topological polar surface area (TPSA) is 38.9 Å². The smallest absolute Gasteiger partial charge is 0.121 e. The van der Waals surface area contributed by atoms with Crippen molar-refractivity contribution < 1.29 is 36.9 Å². The van der Waals surface area contributed by atoms with Crippen LogP contribution in [0.15, 0.2) is 114 Å². The van der Waals surface area contributed by atoms with Crippen LogP contribution < -0.4 is 4.40 Å². The Morgan fingerprint density at radius 1 is 0.863 bits per heavy atom. The Balaban J connectivity index is 0.000000224. The zero-order chi connectivity index (χ0) is 43.3. The van der Waals surface area contributed by atoms with Crippen molar-refractivity contribution in [2.75, 3.05) is 0 Å². The van der Waals surface area contributed by atoms with Crippen LogP contribution in [0.4, 0.5) is 0 Å². The number of rotatable bonds is 6. The fourth-order valence-corrected chi connectivity index (χ4v) is 9.14. The summed E-state index contributed by atoms with van der Waals surface area (Å²) in [7, 11) is 0. The van der Waals surface area contributed by atoms with Gasteiger partial charge in [0.25, 0.3) is 0 Å². The third kappa shape index (κ3) is 9.16. The first-order valence-electron chi connectivity index (χ1n) is 21.2. The zero-order valence-electron chi connectivity index (χ0n) is 39.0. The minimum absolute atomic E-state index is 0. The predicted octanol–water partition coefficient (Wildman–Crippen LogP) is 11.9. The molecule has 0 aliphatic carbocycles. The van der Waals surface area contributed by atoms with E-state index in [4.69, 9.17) is 15.4 Å². The summed E-state index contributed by atoms with van der Waals surface area (Å²) < 4.78 is 79.1. The number of fused-ring (bicyclic) bond motifs is 3. The van der Waals surface area contributed by atoms with E-state index in [1.54, 1.807) is 54.7 Å². The maximum Gasteiger partial charge on any atom is 0.121 e. The first kappa shape index (κ1) is 27.8. The summed E-state index contributed by atoms with van der Waals surface area (Å²) in [6.45, 7) is 3.16. The Labute approximate surface area is 333 Å². The van der Waals surface area contributed by atoms with Crippen LogP contribution in [0.3, 0.4) is 0 Å². The SMILES string of the molecule is [2H]C([2H])([2H])c1c[c-]c(-c2cc(C([2H])(C)c3ccccc3)[c]([Ge]([CH3])([CH3])[CH3])cn2)cc1.[2H]C([2H])([2H])c1ccc2c(c1)oc1c(-c3cc(C([2H])([2H])C(C)(C)C)ccn3)[c-]ccc12.[Ir]. The molecule has 263 valence electrons. The third-order valence-corrected chi connectivity index (χ3v) is 12.6. The molecule has 0 aliphatic rings. The van der Waals surface area contributed by atoms with E-state index in [2.05, 4.69) is 39.4 Å². The van der Waals surface area contributed by atoms with E-state index < -0.39 is 44.7 Å². The third-order valence-electron chi connectivity index (χ3n) is 8.38. The molecule has 0 aliphatic heterocycles. The van der Waals surface area contributed by atoms with Crippen molar-refractivity contribution in [2.45, 2.75) is 70.9 Å². The van der Waals surface area contributed by atoms with Crippen LogP contribution in [-0.2, 0) is 26.5 Å². The first-order valence-corrected chi connectivity index (χ1v) is 24.1. The number of aromatic nitrogens is 2. The van der Waals surface area contributed by atoms with E-state index in [0.29, 0.717) is 33.7 Å². The molecule has 1 unspecified atom stereocenters. The van der Waals surface area contributed by atoms with Gasteiger partial charge in [0, 0.05) is 38.5 Å². The molecular formula is C46H48GeIrN2O-2.